The van der Waals surface area contributed by atoms with E-state index in [1.807, 2.05) is 6.92 Å². The number of ether oxygens (including phenoxy) is 1. The average Bonchev–Trinajstić information content (AvgIpc) is 3.79. The molecule has 13 N–H and O–H groups in total. The summed E-state index contributed by atoms with van der Waals surface area (Å²) in [6.45, 7) is 6.65. The molecule has 68 heavy (non-hydrogen) atoms. The number of carboxylic acids is 1. The van der Waals surface area contributed by atoms with Gasteiger partial charge in [-0.1, -0.05) is 32.4 Å². The topological polar surface area (TPSA) is 360 Å². The first-order chi connectivity index (χ1) is 32.2. The van der Waals surface area contributed by atoms with Crippen LogP contribution >= 0.6 is 25.3 Å². The van der Waals surface area contributed by atoms with Crippen LogP contribution in [0, 0.1) is 5.92 Å². The molecule has 23 nitrogen and oxygen atoms in total. The Morgan fingerprint density at radius 2 is 1.44 bits per heavy atom. The SMILES string of the molecule is CCOc1ccc(C[C@@H](NC(=O)CCS)C(=O)N[C@H](C(=O)N[C@H](C(=O)N[C@@H](CC(=O)N[C@@H](CS)C(=O)N2CCC[C@H]2C(=O)NC(CCCN)C(=O)NCC(N)=O)C(=O)O)[C@@H](C)O)[C@@H](C)CC)cc1. The number of nitrogens with zero attached hydrogens (tertiary/aromatic N) is 1. The van der Waals surface area contributed by atoms with Crippen molar-refractivity contribution in [2.45, 2.75) is 127 Å². The number of nitrogens with one attached hydrogen (secondary N) is 7. The van der Waals surface area contributed by atoms with E-state index in [-0.39, 0.29) is 50.3 Å². The third-order valence-electron chi connectivity index (χ3n) is 10.9. The third-order valence-corrected chi connectivity index (χ3v) is 11.5. The first kappa shape index (κ1) is 58.5. The van der Waals surface area contributed by atoms with Gasteiger partial charge in [-0.3, -0.25) is 43.2 Å². The number of aliphatic carboxylic acids is 1. The minimum atomic E-state index is -1.94. The lowest BCUT2D eigenvalue weighted by atomic mass is 9.96. The summed E-state index contributed by atoms with van der Waals surface area (Å²) in [4.78, 5) is 132. The summed E-state index contributed by atoms with van der Waals surface area (Å²) in [5.41, 5.74) is 11.4. The molecule has 25 heteroatoms. The van der Waals surface area contributed by atoms with Gasteiger partial charge in [0.1, 0.15) is 48.0 Å². The zero-order valence-corrected chi connectivity index (χ0v) is 40.6. The quantitative estimate of drug-likeness (QED) is 0.0343. The molecule has 9 amide bonds. The van der Waals surface area contributed by atoms with Crippen molar-refractivity contribution < 1.29 is 62.9 Å². The number of carboxylic acid groups (broad SMARTS) is 1. The molecule has 1 aliphatic rings. The highest BCUT2D eigenvalue weighted by Gasteiger charge is 2.40. The Balaban J connectivity index is 2.19. The van der Waals surface area contributed by atoms with Gasteiger partial charge in [0, 0.05) is 25.1 Å². The van der Waals surface area contributed by atoms with Crippen LogP contribution in [0.3, 0.4) is 0 Å². The van der Waals surface area contributed by atoms with Gasteiger partial charge >= 0.3 is 5.97 Å². The molecular formula is C43H68N10O13S2. The third kappa shape index (κ3) is 19.1. The van der Waals surface area contributed by atoms with Gasteiger partial charge in [0.15, 0.2) is 0 Å². The molecule has 2 rings (SSSR count). The number of carbonyl (C=O) groups excluding carboxylic acids is 9. The monoisotopic (exact) mass is 996 g/mol. The lowest BCUT2D eigenvalue weighted by molar-refractivity contribution is -0.145. The number of likely N-dealkylation sites (tertiary alicyclic amines) is 1. The van der Waals surface area contributed by atoms with Crippen LogP contribution in [-0.2, 0) is 54.4 Å². The van der Waals surface area contributed by atoms with Crippen LogP contribution in [-0.4, -0.2) is 160 Å². The summed E-state index contributed by atoms with van der Waals surface area (Å²) in [7, 11) is 0. The first-order valence-corrected chi connectivity index (χ1v) is 23.7. The summed E-state index contributed by atoms with van der Waals surface area (Å²) in [6.07, 6.45) is -1.10. The molecule has 9 atom stereocenters. The summed E-state index contributed by atoms with van der Waals surface area (Å²) < 4.78 is 5.48. The second kappa shape index (κ2) is 30.0. The molecule has 1 fully saturated rings. The smallest absolute Gasteiger partial charge is 0.326 e. The van der Waals surface area contributed by atoms with Gasteiger partial charge in [-0.25, -0.2) is 4.79 Å². The van der Waals surface area contributed by atoms with Crippen LogP contribution in [0.25, 0.3) is 0 Å². The van der Waals surface area contributed by atoms with Crippen molar-refractivity contribution in [1.29, 1.82) is 0 Å². The molecule has 1 aliphatic heterocycles. The molecular weight excluding hydrogens is 929 g/mol. The fourth-order valence-corrected chi connectivity index (χ4v) is 7.50. The summed E-state index contributed by atoms with van der Waals surface area (Å²) in [6, 6.07) is -2.85. The number of rotatable bonds is 30. The second-order valence-corrected chi connectivity index (χ2v) is 17.1. The van der Waals surface area contributed by atoms with E-state index in [2.05, 4.69) is 62.5 Å². The van der Waals surface area contributed by atoms with Crippen LogP contribution in [0.15, 0.2) is 24.3 Å². The highest BCUT2D eigenvalue weighted by molar-refractivity contribution is 7.80. The first-order valence-electron chi connectivity index (χ1n) is 22.4. The van der Waals surface area contributed by atoms with E-state index in [4.69, 9.17) is 16.2 Å². The molecule has 1 aromatic carbocycles. The summed E-state index contributed by atoms with van der Waals surface area (Å²) in [5, 5.41) is 37.8. The fourth-order valence-electron chi connectivity index (χ4n) is 7.05. The van der Waals surface area contributed by atoms with Crippen LogP contribution < -0.4 is 53.4 Å². The molecule has 1 aromatic rings. The van der Waals surface area contributed by atoms with Gasteiger partial charge in [0.05, 0.1) is 25.7 Å². The molecule has 380 valence electrons. The number of primary amides is 1. The molecule has 0 aliphatic carbocycles. The van der Waals surface area contributed by atoms with Gasteiger partial charge in [-0.15, -0.1) is 0 Å². The minimum absolute atomic E-state index is 0.00615. The fraction of sp³-hybridized carbons (Fsp3) is 0.628. The second-order valence-electron chi connectivity index (χ2n) is 16.2. The average molecular weight is 997 g/mol. The zero-order valence-electron chi connectivity index (χ0n) is 38.8. The number of aliphatic hydroxyl groups is 1. The molecule has 1 saturated heterocycles. The molecule has 0 radical (unpaired) electrons. The van der Waals surface area contributed by atoms with E-state index in [0.29, 0.717) is 37.2 Å². The number of aliphatic hydroxyl groups excluding tert-OH is 1. The number of amides is 9. The molecule has 1 unspecified atom stereocenters. The van der Waals surface area contributed by atoms with Crippen molar-refractivity contribution in [3.05, 3.63) is 29.8 Å². The van der Waals surface area contributed by atoms with Crippen molar-refractivity contribution in [1.82, 2.24) is 42.1 Å². The molecule has 0 spiro atoms. The van der Waals surface area contributed by atoms with E-state index in [9.17, 15) is 58.2 Å². The van der Waals surface area contributed by atoms with E-state index >= 15 is 0 Å². The van der Waals surface area contributed by atoms with Crippen molar-refractivity contribution in [3.8, 4) is 5.75 Å². The highest BCUT2D eigenvalue weighted by atomic mass is 32.1. The standard InChI is InChI=1S/C43H68N10O13S2/c1-5-23(3)35(51-38(59)28(47-33(56)15-18-67)19-25-11-13-26(14-12-25)66-6-2)40(61)52-36(24(4)54)41(62)50-29(43(64)65)20-34(57)48-30(22-68)42(63)53-17-8-10-31(53)39(60)49-27(9-7-16-44)37(58)46-21-32(45)55/h11-14,23-24,27-31,35-36,54,67-68H,5-10,15-22,44H2,1-4H3,(H2,45,55)(H,46,58)(H,47,56)(H,48,57)(H,49,60)(H,50,62)(H,51,59)(H,52,61)(H,64,65)/t23-,24+,27?,28+,29-,30-,31-,35-,36-/m0/s1. The largest absolute Gasteiger partial charge is 0.494 e. The van der Waals surface area contributed by atoms with Crippen LogP contribution in [0.1, 0.15) is 78.2 Å². The predicted molar refractivity (Wildman–Crippen MR) is 254 cm³/mol. The van der Waals surface area contributed by atoms with Crippen molar-refractivity contribution in [2.24, 2.45) is 17.4 Å². The van der Waals surface area contributed by atoms with Crippen LogP contribution in [0.2, 0.25) is 0 Å². The van der Waals surface area contributed by atoms with Gasteiger partial charge in [0.2, 0.25) is 53.2 Å². The maximum Gasteiger partial charge on any atom is 0.326 e. The maximum atomic E-state index is 13.9. The minimum Gasteiger partial charge on any atom is -0.494 e. The van der Waals surface area contributed by atoms with Gasteiger partial charge in [0.25, 0.3) is 0 Å². The number of hydrogen-bond acceptors (Lipinski definition) is 15. The number of hydrogen-bond donors (Lipinski definition) is 13. The Bertz CT molecular complexity index is 1910. The number of benzene rings is 1. The normalized spacial score (nSPS) is 16.8. The van der Waals surface area contributed by atoms with Crippen molar-refractivity contribution in [2.75, 3.05) is 37.7 Å². The van der Waals surface area contributed by atoms with E-state index in [1.54, 1.807) is 38.1 Å². The van der Waals surface area contributed by atoms with Crippen LogP contribution in [0.5, 0.6) is 5.75 Å². The van der Waals surface area contributed by atoms with Crippen molar-refractivity contribution in [3.63, 3.8) is 0 Å². The van der Waals surface area contributed by atoms with E-state index in [1.165, 1.54) is 4.90 Å². The number of carbonyl (C=O) groups is 10. The van der Waals surface area contributed by atoms with E-state index in [0.717, 1.165) is 6.92 Å². The van der Waals surface area contributed by atoms with Gasteiger partial charge in [-0.05, 0) is 75.4 Å². The Labute approximate surface area is 406 Å². The Hall–Kier alpha value is -5.66. The lowest BCUT2D eigenvalue weighted by Crippen LogP contribution is -2.61. The molecule has 0 saturated carbocycles. The predicted octanol–water partition coefficient (Wildman–Crippen LogP) is -2.98. The molecule has 1 heterocycles. The molecule has 0 aromatic heterocycles. The summed E-state index contributed by atoms with van der Waals surface area (Å²) in [5.74, 6) is -8.93. The zero-order chi connectivity index (χ0) is 51.1. The Morgan fingerprint density at radius 3 is 2.00 bits per heavy atom. The van der Waals surface area contributed by atoms with Gasteiger partial charge < -0.3 is 68.5 Å². The number of nitrogens with two attached hydrogens (primary N) is 2. The Morgan fingerprint density at radius 1 is 0.809 bits per heavy atom. The summed E-state index contributed by atoms with van der Waals surface area (Å²) >= 11 is 8.28. The Kier molecular flexibility index (Phi) is 25.8. The van der Waals surface area contributed by atoms with Gasteiger partial charge in [-0.2, -0.15) is 25.3 Å². The van der Waals surface area contributed by atoms with E-state index < -0.39 is 126 Å². The molecule has 0 bridgehead atoms. The number of thiol groups is 2. The lowest BCUT2D eigenvalue weighted by Gasteiger charge is -2.30. The highest BCUT2D eigenvalue weighted by Crippen LogP contribution is 2.20. The van der Waals surface area contributed by atoms with Crippen molar-refractivity contribution >= 4 is 84.4 Å². The maximum absolute atomic E-state index is 13.9. The van der Waals surface area contributed by atoms with Crippen LogP contribution in [0.4, 0.5) is 0 Å².